The smallest absolute Gasteiger partial charge is 0.322 e. The molecule has 5 nitrogen and oxygen atoms in total. The monoisotopic (exact) mass is 364 g/mol. The number of nitrogens with one attached hydrogen (secondary N) is 1. The minimum Gasteiger partial charge on any atom is -0.322 e. The van der Waals surface area contributed by atoms with E-state index in [1.165, 1.54) is 5.56 Å². The number of hydrogen-bond donors (Lipinski definition) is 1. The van der Waals surface area contributed by atoms with Crippen LogP contribution in [0.25, 0.3) is 11.0 Å². The molecule has 0 aliphatic carbocycles. The number of hydrogen-bond acceptors (Lipinski definition) is 3. The first-order valence-electron chi connectivity index (χ1n) is 8.67. The highest BCUT2D eigenvalue weighted by Gasteiger charge is 2.07. The molecule has 0 atom stereocenters. The van der Waals surface area contributed by atoms with Gasteiger partial charge in [0.25, 0.3) is 0 Å². The Balaban J connectivity index is 1.36. The maximum atomic E-state index is 12.1. The van der Waals surface area contributed by atoms with Crippen LogP contribution in [0.5, 0.6) is 0 Å². The zero-order valence-corrected chi connectivity index (χ0v) is 15.2. The summed E-state index contributed by atoms with van der Waals surface area (Å²) in [5, 5.41) is 1.01. The van der Waals surface area contributed by atoms with Crippen molar-refractivity contribution >= 4 is 22.8 Å². The Bertz CT molecular complexity index is 1050. The van der Waals surface area contributed by atoms with E-state index in [4.69, 9.17) is 0 Å². The summed E-state index contributed by atoms with van der Waals surface area (Å²) in [5.74, 6) is 0.914. The first kappa shape index (κ1) is 16.7. The van der Waals surface area contributed by atoms with E-state index in [0.717, 1.165) is 34.9 Å². The second kappa shape index (κ2) is 7.66. The van der Waals surface area contributed by atoms with Crippen molar-refractivity contribution in [3.63, 3.8) is 0 Å². The summed E-state index contributed by atoms with van der Waals surface area (Å²) in [5.41, 5.74) is 3.08. The van der Waals surface area contributed by atoms with Crippen LogP contribution in [0.1, 0.15) is 12.0 Å². The number of fused-ring (bicyclic) bond motifs is 1. The fourth-order valence-electron chi connectivity index (χ4n) is 3.05. The summed E-state index contributed by atoms with van der Waals surface area (Å²) < 4.78 is 3.98. The van der Waals surface area contributed by atoms with Gasteiger partial charge in [-0.05, 0) is 24.1 Å². The standard InChI is InChI=1S/C20H20N4OS/c25-19-22-17-9-4-5-10-18(17)24(19)12-6-14-26-20-21-11-13-23(20)15-16-7-2-1-3-8-16/h1-5,7-11,13H,6,12,14-15H2,(H,22,25). The molecule has 0 amide bonds. The van der Waals surface area contributed by atoms with E-state index in [1.807, 2.05) is 47.3 Å². The molecule has 4 rings (SSSR count). The summed E-state index contributed by atoms with van der Waals surface area (Å²) in [6, 6.07) is 18.2. The van der Waals surface area contributed by atoms with E-state index in [9.17, 15) is 4.79 Å². The van der Waals surface area contributed by atoms with Crippen molar-refractivity contribution < 1.29 is 0 Å². The Morgan fingerprint density at radius 1 is 1.04 bits per heavy atom. The zero-order chi connectivity index (χ0) is 17.8. The van der Waals surface area contributed by atoms with Gasteiger partial charge in [0, 0.05) is 31.2 Å². The number of para-hydroxylation sites is 2. The molecule has 132 valence electrons. The minimum atomic E-state index is -0.0400. The minimum absolute atomic E-state index is 0.0400. The number of aromatic nitrogens is 4. The van der Waals surface area contributed by atoms with Crippen molar-refractivity contribution in [1.29, 1.82) is 0 Å². The largest absolute Gasteiger partial charge is 0.326 e. The first-order valence-corrected chi connectivity index (χ1v) is 9.65. The van der Waals surface area contributed by atoms with Crippen molar-refractivity contribution in [3.8, 4) is 0 Å². The summed E-state index contributed by atoms with van der Waals surface area (Å²) in [6.45, 7) is 1.53. The summed E-state index contributed by atoms with van der Waals surface area (Å²) in [6.07, 6.45) is 4.76. The number of benzene rings is 2. The van der Waals surface area contributed by atoms with Gasteiger partial charge in [0.1, 0.15) is 0 Å². The molecule has 0 bridgehead atoms. The quantitative estimate of drug-likeness (QED) is 0.401. The molecular formula is C20H20N4OS. The lowest BCUT2D eigenvalue weighted by Gasteiger charge is -2.08. The molecule has 26 heavy (non-hydrogen) atoms. The molecule has 1 N–H and O–H groups in total. The number of nitrogens with zero attached hydrogens (tertiary/aromatic N) is 3. The highest BCUT2D eigenvalue weighted by atomic mass is 32.2. The van der Waals surface area contributed by atoms with E-state index in [1.54, 1.807) is 11.8 Å². The molecule has 0 fully saturated rings. The van der Waals surface area contributed by atoms with Crippen LogP contribution in [0.15, 0.2) is 76.9 Å². The molecule has 6 heteroatoms. The maximum absolute atomic E-state index is 12.1. The summed E-state index contributed by atoms with van der Waals surface area (Å²) >= 11 is 1.73. The molecule has 0 saturated carbocycles. The number of H-pyrrole nitrogens is 1. The Morgan fingerprint density at radius 3 is 2.73 bits per heavy atom. The van der Waals surface area contributed by atoms with E-state index in [2.05, 4.69) is 38.8 Å². The van der Waals surface area contributed by atoms with Gasteiger partial charge in [0.2, 0.25) is 0 Å². The topological polar surface area (TPSA) is 55.6 Å². The molecule has 0 unspecified atom stereocenters. The van der Waals surface area contributed by atoms with Crippen molar-refractivity contribution in [2.75, 3.05) is 5.75 Å². The van der Waals surface area contributed by atoms with Crippen LogP contribution in [-0.4, -0.2) is 24.9 Å². The van der Waals surface area contributed by atoms with Crippen LogP contribution in [0.3, 0.4) is 0 Å². The van der Waals surface area contributed by atoms with Gasteiger partial charge in [0.05, 0.1) is 11.0 Å². The SMILES string of the molecule is O=c1[nH]c2ccccc2n1CCCSc1nccn1Cc1ccccc1. The molecule has 0 saturated heterocycles. The number of thioether (sulfide) groups is 1. The van der Waals surface area contributed by atoms with Crippen LogP contribution >= 0.6 is 11.8 Å². The normalized spacial score (nSPS) is 11.2. The third-order valence-electron chi connectivity index (χ3n) is 4.31. The summed E-state index contributed by atoms with van der Waals surface area (Å²) in [4.78, 5) is 19.5. The van der Waals surface area contributed by atoms with Crippen molar-refractivity contribution in [2.24, 2.45) is 0 Å². The van der Waals surface area contributed by atoms with Crippen LogP contribution in [0.4, 0.5) is 0 Å². The van der Waals surface area contributed by atoms with Gasteiger partial charge in [-0.25, -0.2) is 9.78 Å². The Kier molecular flexibility index (Phi) is 4.93. The van der Waals surface area contributed by atoms with Gasteiger partial charge in [-0.3, -0.25) is 4.57 Å². The Morgan fingerprint density at radius 2 is 1.85 bits per heavy atom. The van der Waals surface area contributed by atoms with Crippen LogP contribution in [0.2, 0.25) is 0 Å². The molecule has 2 aromatic heterocycles. The zero-order valence-electron chi connectivity index (χ0n) is 14.3. The number of imidazole rings is 2. The Labute approximate surface area is 155 Å². The second-order valence-corrected chi connectivity index (χ2v) is 7.19. The average Bonchev–Trinajstić information content (AvgIpc) is 3.23. The van der Waals surface area contributed by atoms with E-state index in [-0.39, 0.29) is 5.69 Å². The fraction of sp³-hybridized carbons (Fsp3) is 0.200. The van der Waals surface area contributed by atoms with Crippen LogP contribution in [0, 0.1) is 0 Å². The molecule has 2 aromatic carbocycles. The van der Waals surface area contributed by atoms with Gasteiger partial charge < -0.3 is 9.55 Å². The molecule has 0 aliphatic heterocycles. The molecule has 0 radical (unpaired) electrons. The molecular weight excluding hydrogens is 344 g/mol. The fourth-order valence-corrected chi connectivity index (χ4v) is 3.93. The third kappa shape index (κ3) is 3.60. The highest BCUT2D eigenvalue weighted by molar-refractivity contribution is 7.99. The van der Waals surface area contributed by atoms with Crippen molar-refractivity contribution in [3.05, 3.63) is 83.0 Å². The van der Waals surface area contributed by atoms with E-state index < -0.39 is 0 Å². The van der Waals surface area contributed by atoms with Gasteiger partial charge in [-0.1, -0.05) is 54.2 Å². The van der Waals surface area contributed by atoms with Crippen LogP contribution in [-0.2, 0) is 13.1 Å². The van der Waals surface area contributed by atoms with Gasteiger partial charge >= 0.3 is 5.69 Å². The molecule has 2 heterocycles. The first-order chi connectivity index (χ1) is 12.8. The average molecular weight is 364 g/mol. The molecule has 0 aliphatic rings. The van der Waals surface area contributed by atoms with Gasteiger partial charge in [-0.2, -0.15) is 0 Å². The molecule has 0 spiro atoms. The lowest BCUT2D eigenvalue weighted by atomic mass is 10.2. The Hall–Kier alpha value is -2.73. The van der Waals surface area contributed by atoms with Gasteiger partial charge in [0.15, 0.2) is 5.16 Å². The predicted octanol–water partition coefficient (Wildman–Crippen LogP) is 3.76. The van der Waals surface area contributed by atoms with Crippen molar-refractivity contribution in [2.45, 2.75) is 24.7 Å². The predicted molar refractivity (Wildman–Crippen MR) is 106 cm³/mol. The second-order valence-electron chi connectivity index (χ2n) is 6.12. The van der Waals surface area contributed by atoms with Crippen molar-refractivity contribution in [1.82, 2.24) is 19.1 Å². The molecule has 4 aromatic rings. The highest BCUT2D eigenvalue weighted by Crippen LogP contribution is 2.19. The number of aryl methyl sites for hydroxylation is 1. The van der Waals surface area contributed by atoms with E-state index >= 15 is 0 Å². The maximum Gasteiger partial charge on any atom is 0.326 e. The lowest BCUT2D eigenvalue weighted by molar-refractivity contribution is 0.675. The summed E-state index contributed by atoms with van der Waals surface area (Å²) in [7, 11) is 0. The van der Waals surface area contributed by atoms with E-state index in [0.29, 0.717) is 6.54 Å². The lowest BCUT2D eigenvalue weighted by Crippen LogP contribution is -2.17. The van der Waals surface area contributed by atoms with Crippen LogP contribution < -0.4 is 5.69 Å². The number of rotatable bonds is 7. The third-order valence-corrected chi connectivity index (χ3v) is 5.40. The number of aromatic amines is 1. The van der Waals surface area contributed by atoms with Gasteiger partial charge in [-0.15, -0.1) is 0 Å².